The van der Waals surface area contributed by atoms with Crippen LogP contribution in [0.15, 0.2) is 60.8 Å². The van der Waals surface area contributed by atoms with Crippen molar-refractivity contribution in [1.82, 2.24) is 5.32 Å². The van der Waals surface area contributed by atoms with E-state index >= 15 is 0 Å². The molecule has 0 aromatic rings. The number of carbonyl (C=O) groups is 2. The van der Waals surface area contributed by atoms with Crippen LogP contribution in [-0.2, 0) is 14.3 Å². The Kier molecular flexibility index (Phi) is 51.2. The van der Waals surface area contributed by atoms with E-state index in [4.69, 9.17) is 4.74 Å². The summed E-state index contributed by atoms with van der Waals surface area (Å²) >= 11 is 0. The van der Waals surface area contributed by atoms with Gasteiger partial charge < -0.3 is 20.3 Å². The summed E-state index contributed by atoms with van der Waals surface area (Å²) in [6, 6.07) is -0.646. The molecule has 64 heavy (non-hydrogen) atoms. The van der Waals surface area contributed by atoms with Gasteiger partial charge in [-0.15, -0.1) is 0 Å². The number of aliphatic hydroxyl groups excluding tert-OH is 2. The van der Waals surface area contributed by atoms with Crippen molar-refractivity contribution in [2.45, 2.75) is 283 Å². The molecule has 0 fully saturated rings. The number of allylic oxidation sites excluding steroid dienone is 9. The first kappa shape index (κ1) is 61.6. The third-order valence-electron chi connectivity index (χ3n) is 12.3. The number of hydrogen-bond donors (Lipinski definition) is 3. The van der Waals surface area contributed by atoms with Crippen LogP contribution in [0.5, 0.6) is 0 Å². The molecule has 2 atom stereocenters. The molecule has 6 nitrogen and oxygen atoms in total. The summed E-state index contributed by atoms with van der Waals surface area (Å²) in [4.78, 5) is 24.5. The van der Waals surface area contributed by atoms with Gasteiger partial charge in [0, 0.05) is 12.8 Å². The van der Waals surface area contributed by atoms with E-state index in [-0.39, 0.29) is 18.5 Å². The minimum atomic E-state index is -0.861. The fraction of sp³-hybridized carbons (Fsp3) is 0.793. The third kappa shape index (κ3) is 49.0. The molecule has 0 saturated carbocycles. The molecular weight excluding hydrogens is 791 g/mol. The highest BCUT2D eigenvalue weighted by Crippen LogP contribution is 2.15. The van der Waals surface area contributed by atoms with Gasteiger partial charge >= 0.3 is 5.97 Å². The molecule has 0 aliphatic heterocycles. The van der Waals surface area contributed by atoms with Crippen LogP contribution in [-0.4, -0.2) is 47.4 Å². The zero-order valence-electron chi connectivity index (χ0n) is 42.2. The normalized spacial score (nSPS) is 13.1. The number of hydrogen-bond acceptors (Lipinski definition) is 5. The number of carbonyl (C=O) groups excluding carboxylic acids is 2. The maximum Gasteiger partial charge on any atom is 0.305 e. The minimum absolute atomic E-state index is 0.0372. The molecule has 1 amide bonds. The van der Waals surface area contributed by atoms with Crippen molar-refractivity contribution in [3.05, 3.63) is 60.8 Å². The van der Waals surface area contributed by atoms with Gasteiger partial charge in [-0.1, -0.05) is 222 Å². The van der Waals surface area contributed by atoms with Gasteiger partial charge in [0.15, 0.2) is 0 Å². The van der Waals surface area contributed by atoms with Crippen molar-refractivity contribution in [2.75, 3.05) is 13.2 Å². The maximum atomic E-state index is 12.4. The van der Waals surface area contributed by atoms with Crippen LogP contribution in [0, 0.1) is 0 Å². The first-order chi connectivity index (χ1) is 31.5. The van der Waals surface area contributed by atoms with E-state index in [0.29, 0.717) is 19.4 Å². The van der Waals surface area contributed by atoms with E-state index in [1.807, 2.05) is 6.08 Å². The van der Waals surface area contributed by atoms with Gasteiger partial charge in [-0.25, -0.2) is 0 Å². The maximum absolute atomic E-state index is 12.4. The highest BCUT2D eigenvalue weighted by Gasteiger charge is 2.18. The molecule has 0 aliphatic rings. The lowest BCUT2D eigenvalue weighted by Gasteiger charge is -2.20. The van der Waals surface area contributed by atoms with Crippen LogP contribution >= 0.6 is 0 Å². The molecule has 372 valence electrons. The Morgan fingerprint density at radius 2 is 0.828 bits per heavy atom. The predicted octanol–water partition coefficient (Wildman–Crippen LogP) is 16.8. The molecule has 0 spiro atoms. The second-order valence-corrected chi connectivity index (χ2v) is 18.6. The van der Waals surface area contributed by atoms with E-state index in [1.165, 1.54) is 154 Å². The fourth-order valence-corrected chi connectivity index (χ4v) is 8.01. The molecule has 2 unspecified atom stereocenters. The summed E-state index contributed by atoms with van der Waals surface area (Å²) in [6.45, 7) is 4.81. The molecule has 0 bridgehead atoms. The Bertz CT molecular complexity index is 1130. The van der Waals surface area contributed by atoms with Gasteiger partial charge in [0.05, 0.1) is 25.4 Å². The van der Waals surface area contributed by atoms with Crippen molar-refractivity contribution in [3.8, 4) is 0 Å². The van der Waals surface area contributed by atoms with Crippen LogP contribution in [0.3, 0.4) is 0 Å². The van der Waals surface area contributed by atoms with Crippen LogP contribution in [0.2, 0.25) is 0 Å². The third-order valence-corrected chi connectivity index (χ3v) is 12.3. The fourth-order valence-electron chi connectivity index (χ4n) is 8.01. The number of ether oxygens (including phenoxy) is 1. The van der Waals surface area contributed by atoms with Crippen LogP contribution in [0.4, 0.5) is 0 Å². The van der Waals surface area contributed by atoms with E-state index in [9.17, 15) is 19.8 Å². The summed E-state index contributed by atoms with van der Waals surface area (Å²) in [5.41, 5.74) is 0. The molecule has 6 heteroatoms. The first-order valence-electron chi connectivity index (χ1n) is 27.6. The number of rotatable bonds is 50. The summed E-state index contributed by atoms with van der Waals surface area (Å²) in [6.07, 6.45) is 68.0. The Hall–Kier alpha value is -2.44. The van der Waals surface area contributed by atoms with E-state index < -0.39 is 12.1 Å². The van der Waals surface area contributed by atoms with Gasteiger partial charge in [0.2, 0.25) is 5.91 Å². The summed E-state index contributed by atoms with van der Waals surface area (Å²) < 4.78 is 5.44. The van der Waals surface area contributed by atoms with Gasteiger partial charge in [-0.2, -0.15) is 0 Å². The topological polar surface area (TPSA) is 95.9 Å². The van der Waals surface area contributed by atoms with E-state index in [1.54, 1.807) is 6.08 Å². The monoisotopic (exact) mass is 896 g/mol. The Balaban J connectivity index is 3.57. The number of nitrogens with one attached hydrogen (secondary N) is 1. The summed E-state index contributed by atoms with van der Waals surface area (Å²) in [7, 11) is 0. The molecule has 0 heterocycles. The average molecular weight is 896 g/mol. The Labute approximate surface area is 397 Å². The zero-order valence-corrected chi connectivity index (χ0v) is 42.2. The number of esters is 1. The zero-order chi connectivity index (χ0) is 46.5. The molecule has 0 aliphatic carbocycles. The molecule has 0 saturated heterocycles. The summed E-state index contributed by atoms with van der Waals surface area (Å²) in [5.74, 6) is -0.129. The Morgan fingerprint density at radius 1 is 0.453 bits per heavy atom. The van der Waals surface area contributed by atoms with Crippen LogP contribution in [0.25, 0.3) is 0 Å². The first-order valence-corrected chi connectivity index (χ1v) is 27.6. The van der Waals surface area contributed by atoms with Gasteiger partial charge in [-0.05, 0) is 96.3 Å². The molecule has 0 rings (SSSR count). The molecular formula is C58H105NO5. The van der Waals surface area contributed by atoms with Crippen molar-refractivity contribution in [3.63, 3.8) is 0 Å². The molecule has 0 radical (unpaired) electrons. The summed E-state index contributed by atoms with van der Waals surface area (Å²) in [5, 5.41) is 23.1. The highest BCUT2D eigenvalue weighted by atomic mass is 16.5. The van der Waals surface area contributed by atoms with Crippen molar-refractivity contribution < 1.29 is 24.5 Å². The molecule has 3 N–H and O–H groups in total. The smallest absolute Gasteiger partial charge is 0.305 e. The lowest BCUT2D eigenvalue weighted by Crippen LogP contribution is -2.45. The van der Waals surface area contributed by atoms with Crippen molar-refractivity contribution in [2.24, 2.45) is 0 Å². The minimum Gasteiger partial charge on any atom is -0.466 e. The number of aliphatic hydroxyl groups is 2. The SMILES string of the molecule is CCCCCC/C=C\C/C=C\CCCCCCCC(=O)OCCCCC/C=C\C=C/CCCCCCCCC(=O)NC(CO)C(O)/C=C/CCCCCCCCCCCCCCCC. The number of unbranched alkanes of at least 4 members (excludes halogenated alkanes) is 32. The molecule has 0 aromatic carbocycles. The lowest BCUT2D eigenvalue weighted by atomic mass is 10.0. The predicted molar refractivity (Wildman–Crippen MR) is 278 cm³/mol. The molecule has 0 aromatic heterocycles. The van der Waals surface area contributed by atoms with E-state index in [2.05, 4.69) is 67.8 Å². The Morgan fingerprint density at radius 3 is 1.30 bits per heavy atom. The second kappa shape index (κ2) is 53.2. The lowest BCUT2D eigenvalue weighted by molar-refractivity contribution is -0.143. The standard InChI is InChI=1S/C58H105NO5/c1-3-5-7-9-11-13-15-17-19-22-26-30-34-38-42-46-50-56(61)55(54-60)59-57(62)51-47-43-39-35-31-27-23-21-25-29-33-37-41-45-49-53-64-58(63)52-48-44-40-36-32-28-24-20-18-16-14-12-10-8-6-4-2/h14,16,20-21,24-25,29,33,46,50,55-56,60-61H,3-13,15,17-19,22-23,26-28,30-32,34-45,47-49,51-54H2,1-2H3,(H,59,62)/b16-14-,24-20-,25-21-,33-29-,50-46+. The number of amides is 1. The van der Waals surface area contributed by atoms with Crippen LogP contribution < -0.4 is 5.32 Å². The van der Waals surface area contributed by atoms with E-state index in [0.717, 1.165) is 89.9 Å². The van der Waals surface area contributed by atoms with Gasteiger partial charge in [-0.3, -0.25) is 9.59 Å². The second-order valence-electron chi connectivity index (χ2n) is 18.6. The van der Waals surface area contributed by atoms with Crippen LogP contribution in [0.1, 0.15) is 271 Å². The highest BCUT2D eigenvalue weighted by molar-refractivity contribution is 5.76. The van der Waals surface area contributed by atoms with Gasteiger partial charge in [0.25, 0.3) is 0 Å². The quantitative estimate of drug-likeness (QED) is 0.0245. The van der Waals surface area contributed by atoms with Crippen molar-refractivity contribution >= 4 is 11.9 Å². The van der Waals surface area contributed by atoms with Gasteiger partial charge in [0.1, 0.15) is 0 Å². The largest absolute Gasteiger partial charge is 0.466 e. The average Bonchev–Trinajstić information content (AvgIpc) is 3.29. The van der Waals surface area contributed by atoms with Crippen molar-refractivity contribution in [1.29, 1.82) is 0 Å².